The molecule has 1 aliphatic rings. The fraction of sp³-hybridized carbons (Fsp3) is 0.188. The second kappa shape index (κ2) is 5.67. The molecular formula is C16H14BrNO2. The van der Waals surface area contributed by atoms with Gasteiger partial charge in [-0.2, -0.15) is 0 Å². The molecule has 1 aliphatic heterocycles. The van der Waals surface area contributed by atoms with Crippen LogP contribution in [-0.2, 0) is 17.8 Å². The first-order valence-corrected chi connectivity index (χ1v) is 7.30. The first-order valence-electron chi connectivity index (χ1n) is 6.51. The molecule has 1 heterocycles. The van der Waals surface area contributed by atoms with Crippen LogP contribution in [0.4, 0.5) is 5.69 Å². The summed E-state index contributed by atoms with van der Waals surface area (Å²) >= 11 is 3.41. The van der Waals surface area contributed by atoms with Gasteiger partial charge in [0.25, 0.3) is 0 Å². The molecule has 2 aromatic rings. The predicted molar refractivity (Wildman–Crippen MR) is 81.9 cm³/mol. The van der Waals surface area contributed by atoms with Crippen LogP contribution in [0.1, 0.15) is 17.5 Å². The maximum absolute atomic E-state index is 11.4. The molecule has 0 spiro atoms. The normalized spacial score (nSPS) is 13.6. The van der Waals surface area contributed by atoms with Gasteiger partial charge in [-0.05, 0) is 35.7 Å². The largest absolute Gasteiger partial charge is 0.489 e. The third-order valence-electron chi connectivity index (χ3n) is 3.30. The Bertz CT molecular complexity index is 637. The second-order valence-electron chi connectivity index (χ2n) is 4.78. The van der Waals surface area contributed by atoms with Crippen molar-refractivity contribution in [2.75, 3.05) is 5.32 Å². The number of fused-ring (bicyclic) bond motifs is 1. The average molecular weight is 332 g/mol. The van der Waals surface area contributed by atoms with Crippen molar-refractivity contribution in [1.82, 2.24) is 0 Å². The van der Waals surface area contributed by atoms with Crippen molar-refractivity contribution in [3.63, 3.8) is 0 Å². The van der Waals surface area contributed by atoms with E-state index in [9.17, 15) is 4.79 Å². The summed E-state index contributed by atoms with van der Waals surface area (Å²) in [5.74, 6) is 0.844. The van der Waals surface area contributed by atoms with Gasteiger partial charge in [0.1, 0.15) is 12.4 Å². The molecule has 0 saturated heterocycles. The van der Waals surface area contributed by atoms with E-state index in [1.165, 1.54) is 5.56 Å². The monoisotopic (exact) mass is 331 g/mol. The van der Waals surface area contributed by atoms with Gasteiger partial charge < -0.3 is 10.1 Å². The molecule has 3 rings (SSSR count). The number of carbonyl (C=O) groups is 1. The Balaban J connectivity index is 1.70. The predicted octanol–water partition coefficient (Wildman–Crippen LogP) is 3.91. The minimum Gasteiger partial charge on any atom is -0.489 e. The van der Waals surface area contributed by atoms with Crippen LogP contribution in [0.25, 0.3) is 0 Å². The number of rotatable bonds is 3. The Morgan fingerprint density at radius 1 is 1.10 bits per heavy atom. The number of anilines is 1. The molecule has 2 aromatic carbocycles. The highest BCUT2D eigenvalue weighted by Gasteiger charge is 2.14. The molecule has 0 aromatic heterocycles. The van der Waals surface area contributed by atoms with Crippen molar-refractivity contribution in [1.29, 1.82) is 0 Å². The Morgan fingerprint density at radius 2 is 1.90 bits per heavy atom. The quantitative estimate of drug-likeness (QED) is 0.925. The van der Waals surface area contributed by atoms with Crippen LogP contribution in [0.15, 0.2) is 46.9 Å². The molecule has 3 nitrogen and oxygen atoms in total. The van der Waals surface area contributed by atoms with Gasteiger partial charge in [0.2, 0.25) is 5.91 Å². The van der Waals surface area contributed by atoms with E-state index in [1.54, 1.807) is 0 Å². The lowest BCUT2D eigenvalue weighted by Gasteiger charge is -2.17. The number of aryl methyl sites for hydroxylation is 1. The molecule has 0 fully saturated rings. The Morgan fingerprint density at radius 3 is 2.70 bits per heavy atom. The summed E-state index contributed by atoms with van der Waals surface area (Å²) < 4.78 is 6.82. The Kier molecular flexibility index (Phi) is 3.74. The van der Waals surface area contributed by atoms with Gasteiger partial charge in [-0.15, -0.1) is 0 Å². The number of benzene rings is 2. The third kappa shape index (κ3) is 3.02. The summed E-state index contributed by atoms with van der Waals surface area (Å²) in [6.45, 7) is 0.514. The minimum atomic E-state index is 0.0718. The van der Waals surface area contributed by atoms with Crippen LogP contribution in [-0.4, -0.2) is 5.91 Å². The fourth-order valence-corrected chi connectivity index (χ4v) is 2.45. The molecular weight excluding hydrogens is 318 g/mol. The summed E-state index contributed by atoms with van der Waals surface area (Å²) in [5, 5.41) is 2.88. The van der Waals surface area contributed by atoms with Crippen LogP contribution < -0.4 is 10.1 Å². The summed E-state index contributed by atoms with van der Waals surface area (Å²) in [6, 6.07) is 13.9. The van der Waals surface area contributed by atoms with Crippen molar-refractivity contribution in [2.45, 2.75) is 19.4 Å². The highest BCUT2D eigenvalue weighted by atomic mass is 79.9. The van der Waals surface area contributed by atoms with Gasteiger partial charge in [-0.25, -0.2) is 0 Å². The summed E-state index contributed by atoms with van der Waals surface area (Å²) in [7, 11) is 0. The van der Waals surface area contributed by atoms with Gasteiger partial charge >= 0.3 is 0 Å². The van der Waals surface area contributed by atoms with E-state index in [0.717, 1.165) is 27.9 Å². The van der Waals surface area contributed by atoms with Gasteiger partial charge in [0.05, 0.1) is 0 Å². The van der Waals surface area contributed by atoms with E-state index in [0.29, 0.717) is 13.0 Å². The Labute approximate surface area is 126 Å². The molecule has 20 heavy (non-hydrogen) atoms. The van der Waals surface area contributed by atoms with Crippen LogP contribution in [0.5, 0.6) is 5.75 Å². The number of carbonyl (C=O) groups excluding carboxylic acids is 1. The van der Waals surface area contributed by atoms with E-state index in [2.05, 4.69) is 21.2 Å². The SMILES string of the molecule is O=C1CCc2ccc(OCc3ccc(Br)cc3)cc2N1. The van der Waals surface area contributed by atoms with E-state index in [-0.39, 0.29) is 5.91 Å². The zero-order valence-corrected chi connectivity index (χ0v) is 12.4. The lowest BCUT2D eigenvalue weighted by Crippen LogP contribution is -2.18. The number of hydrogen-bond acceptors (Lipinski definition) is 2. The number of nitrogens with one attached hydrogen (secondary N) is 1. The van der Waals surface area contributed by atoms with Gasteiger partial charge in [-0.1, -0.05) is 34.1 Å². The zero-order chi connectivity index (χ0) is 13.9. The molecule has 0 saturated carbocycles. The first kappa shape index (κ1) is 13.2. The number of amides is 1. The van der Waals surface area contributed by atoms with Crippen LogP contribution in [0.3, 0.4) is 0 Å². The summed E-state index contributed by atoms with van der Waals surface area (Å²) in [6.07, 6.45) is 1.36. The highest BCUT2D eigenvalue weighted by Crippen LogP contribution is 2.27. The molecule has 4 heteroatoms. The van der Waals surface area contributed by atoms with Gasteiger partial charge in [-0.3, -0.25) is 4.79 Å². The first-order chi connectivity index (χ1) is 9.70. The van der Waals surface area contributed by atoms with Crippen LogP contribution >= 0.6 is 15.9 Å². The van der Waals surface area contributed by atoms with Crippen molar-refractivity contribution >= 4 is 27.5 Å². The van der Waals surface area contributed by atoms with Crippen molar-refractivity contribution < 1.29 is 9.53 Å². The lowest BCUT2D eigenvalue weighted by molar-refractivity contribution is -0.116. The number of hydrogen-bond donors (Lipinski definition) is 1. The van der Waals surface area contributed by atoms with E-state index in [4.69, 9.17) is 4.74 Å². The number of halogens is 1. The van der Waals surface area contributed by atoms with Crippen LogP contribution in [0.2, 0.25) is 0 Å². The maximum atomic E-state index is 11.4. The third-order valence-corrected chi connectivity index (χ3v) is 3.82. The van der Waals surface area contributed by atoms with Gasteiger partial charge in [0.15, 0.2) is 0 Å². The molecule has 102 valence electrons. The maximum Gasteiger partial charge on any atom is 0.224 e. The topological polar surface area (TPSA) is 38.3 Å². The van der Waals surface area contributed by atoms with Crippen molar-refractivity contribution in [2.24, 2.45) is 0 Å². The van der Waals surface area contributed by atoms with E-state index in [1.807, 2.05) is 42.5 Å². The molecule has 1 N–H and O–H groups in total. The van der Waals surface area contributed by atoms with E-state index < -0.39 is 0 Å². The minimum absolute atomic E-state index is 0.0718. The molecule has 1 amide bonds. The molecule has 0 aliphatic carbocycles. The lowest BCUT2D eigenvalue weighted by atomic mass is 10.0. The summed E-state index contributed by atoms with van der Waals surface area (Å²) in [5.41, 5.74) is 3.14. The molecule has 0 unspecified atom stereocenters. The molecule has 0 bridgehead atoms. The number of ether oxygens (including phenoxy) is 1. The van der Waals surface area contributed by atoms with Crippen molar-refractivity contribution in [3.8, 4) is 5.75 Å². The van der Waals surface area contributed by atoms with Gasteiger partial charge in [0, 0.05) is 22.6 Å². The molecule has 0 radical (unpaired) electrons. The molecule has 0 atom stereocenters. The van der Waals surface area contributed by atoms with Crippen molar-refractivity contribution in [3.05, 3.63) is 58.1 Å². The standard InChI is InChI=1S/C16H14BrNO2/c17-13-5-1-11(2-6-13)10-20-14-7-3-12-4-8-16(19)18-15(12)9-14/h1-3,5-7,9H,4,8,10H2,(H,18,19). The Hall–Kier alpha value is -1.81. The average Bonchev–Trinajstić information content (AvgIpc) is 2.46. The second-order valence-corrected chi connectivity index (χ2v) is 5.70. The smallest absolute Gasteiger partial charge is 0.224 e. The fourth-order valence-electron chi connectivity index (χ4n) is 2.19. The summed E-state index contributed by atoms with van der Waals surface area (Å²) in [4.78, 5) is 11.4. The van der Waals surface area contributed by atoms with Crippen LogP contribution in [0, 0.1) is 0 Å². The highest BCUT2D eigenvalue weighted by molar-refractivity contribution is 9.10. The van der Waals surface area contributed by atoms with E-state index >= 15 is 0 Å². The zero-order valence-electron chi connectivity index (χ0n) is 10.9.